The predicted molar refractivity (Wildman–Crippen MR) is 112 cm³/mol. The minimum absolute atomic E-state index is 0.186. The summed E-state index contributed by atoms with van der Waals surface area (Å²) in [7, 11) is 3.08. The number of esters is 1. The van der Waals surface area contributed by atoms with Crippen LogP contribution in [0.1, 0.15) is 29.7 Å². The second kappa shape index (κ2) is 10.7. The third-order valence-electron chi connectivity index (χ3n) is 4.34. The van der Waals surface area contributed by atoms with Crippen molar-refractivity contribution in [2.24, 2.45) is 0 Å². The van der Waals surface area contributed by atoms with Gasteiger partial charge >= 0.3 is 5.97 Å². The Kier molecular flexibility index (Phi) is 8.00. The summed E-state index contributed by atoms with van der Waals surface area (Å²) in [6.45, 7) is 3.20. The van der Waals surface area contributed by atoms with Crippen LogP contribution < -0.4 is 14.8 Å². The molecule has 7 nitrogen and oxygen atoms in total. The van der Waals surface area contributed by atoms with Gasteiger partial charge in [0, 0.05) is 5.56 Å². The molecule has 0 aromatic heterocycles. The fourth-order valence-corrected chi connectivity index (χ4v) is 2.71. The van der Waals surface area contributed by atoms with Crippen LogP contribution >= 0.6 is 0 Å². The molecule has 0 radical (unpaired) electrons. The Morgan fingerprint density at radius 3 is 2.43 bits per heavy atom. The smallest absolute Gasteiger partial charge is 0.349 e. The van der Waals surface area contributed by atoms with E-state index in [0.29, 0.717) is 22.6 Å². The molecule has 0 saturated carbocycles. The maximum atomic E-state index is 12.2. The van der Waals surface area contributed by atoms with Crippen molar-refractivity contribution >= 4 is 18.0 Å². The number of carbonyl (C=O) groups excluding carboxylic acids is 2. The largest absolute Gasteiger partial charge is 0.497 e. The molecule has 0 bridgehead atoms. The van der Waals surface area contributed by atoms with E-state index in [4.69, 9.17) is 14.2 Å². The van der Waals surface area contributed by atoms with Crippen molar-refractivity contribution in [3.63, 3.8) is 0 Å². The zero-order valence-corrected chi connectivity index (χ0v) is 17.4. The lowest BCUT2D eigenvalue weighted by Gasteiger charge is -2.18. The highest BCUT2D eigenvalue weighted by Crippen LogP contribution is 2.29. The Morgan fingerprint density at radius 2 is 1.83 bits per heavy atom. The first kappa shape index (κ1) is 22.5. The van der Waals surface area contributed by atoms with E-state index in [0.717, 1.165) is 5.56 Å². The van der Waals surface area contributed by atoms with Crippen molar-refractivity contribution in [2.45, 2.75) is 19.9 Å². The van der Waals surface area contributed by atoms with Gasteiger partial charge in [0.25, 0.3) is 5.91 Å². The Morgan fingerprint density at radius 1 is 1.13 bits per heavy atom. The third kappa shape index (κ3) is 6.11. The first-order valence-corrected chi connectivity index (χ1v) is 9.24. The summed E-state index contributed by atoms with van der Waals surface area (Å²) < 4.78 is 15.5. The van der Waals surface area contributed by atoms with Crippen LogP contribution in [0.3, 0.4) is 0 Å². The van der Waals surface area contributed by atoms with E-state index in [-0.39, 0.29) is 5.57 Å². The second-order valence-corrected chi connectivity index (χ2v) is 6.55. The minimum Gasteiger partial charge on any atom is -0.497 e. The number of ether oxygens (including phenoxy) is 3. The number of amides is 1. The number of rotatable bonds is 8. The quantitative estimate of drug-likeness (QED) is 0.409. The second-order valence-electron chi connectivity index (χ2n) is 6.55. The van der Waals surface area contributed by atoms with Gasteiger partial charge in [0.05, 0.1) is 20.3 Å². The molecule has 0 aliphatic rings. The summed E-state index contributed by atoms with van der Waals surface area (Å²) in [5, 5.41) is 12.0. The van der Waals surface area contributed by atoms with E-state index < -0.39 is 24.5 Å². The number of carbonyl (C=O) groups is 2. The summed E-state index contributed by atoms with van der Waals surface area (Å²) in [5.41, 5.74) is 2.28. The average Bonchev–Trinajstić information content (AvgIpc) is 2.76. The average molecular weight is 408 g/mol. The van der Waals surface area contributed by atoms with Crippen LogP contribution in [0, 0.1) is 18.3 Å². The van der Waals surface area contributed by atoms with Gasteiger partial charge < -0.3 is 19.5 Å². The van der Waals surface area contributed by atoms with Crippen LogP contribution in [-0.4, -0.2) is 32.7 Å². The predicted octanol–water partition coefficient (Wildman–Crippen LogP) is 3.34. The molecule has 0 aliphatic carbocycles. The first-order chi connectivity index (χ1) is 14.4. The van der Waals surface area contributed by atoms with Crippen LogP contribution in [0.15, 0.2) is 48.0 Å². The topological polar surface area (TPSA) is 97.7 Å². The van der Waals surface area contributed by atoms with Gasteiger partial charge in [-0.15, -0.1) is 0 Å². The van der Waals surface area contributed by atoms with Crippen LogP contribution in [0.5, 0.6) is 11.5 Å². The van der Waals surface area contributed by atoms with Crippen molar-refractivity contribution < 1.29 is 23.8 Å². The lowest BCUT2D eigenvalue weighted by Crippen LogP contribution is -2.31. The van der Waals surface area contributed by atoms with Crippen molar-refractivity contribution in [1.29, 1.82) is 5.26 Å². The van der Waals surface area contributed by atoms with Gasteiger partial charge in [0.15, 0.2) is 6.61 Å². The maximum absolute atomic E-state index is 12.2. The molecule has 7 heteroatoms. The third-order valence-corrected chi connectivity index (χ3v) is 4.34. The van der Waals surface area contributed by atoms with Gasteiger partial charge in [0.2, 0.25) is 0 Å². The molecule has 0 aliphatic heterocycles. The molecule has 0 heterocycles. The summed E-state index contributed by atoms with van der Waals surface area (Å²) in [5.74, 6) is -0.153. The number of nitriles is 1. The summed E-state index contributed by atoms with van der Waals surface area (Å²) in [4.78, 5) is 24.4. The number of nitrogens with one attached hydrogen (secondary N) is 1. The summed E-state index contributed by atoms with van der Waals surface area (Å²) >= 11 is 0. The first-order valence-electron chi connectivity index (χ1n) is 9.24. The van der Waals surface area contributed by atoms with Gasteiger partial charge in [-0.25, -0.2) is 4.79 Å². The Labute approximate surface area is 175 Å². The zero-order chi connectivity index (χ0) is 22.1. The number of hydrogen-bond acceptors (Lipinski definition) is 6. The van der Waals surface area contributed by atoms with Crippen LogP contribution in [0.4, 0.5) is 0 Å². The molecule has 1 atom stereocenters. The van der Waals surface area contributed by atoms with Crippen LogP contribution in [0.25, 0.3) is 6.08 Å². The minimum atomic E-state index is -0.861. The van der Waals surface area contributed by atoms with E-state index >= 15 is 0 Å². The number of aryl methyl sites for hydroxylation is 1. The lowest BCUT2D eigenvalue weighted by molar-refractivity contribution is -0.144. The Hall–Kier alpha value is -3.79. The highest BCUT2D eigenvalue weighted by Gasteiger charge is 2.17. The van der Waals surface area contributed by atoms with Crippen molar-refractivity contribution in [3.05, 3.63) is 64.7 Å². The van der Waals surface area contributed by atoms with Gasteiger partial charge in [0.1, 0.15) is 23.1 Å². The number of hydrogen-bond donors (Lipinski definition) is 1. The number of methoxy groups -OCH3 is 2. The normalized spacial score (nSPS) is 11.8. The molecule has 2 aromatic carbocycles. The van der Waals surface area contributed by atoms with Gasteiger partial charge in [-0.05, 0) is 43.7 Å². The molecule has 2 rings (SSSR count). The van der Waals surface area contributed by atoms with E-state index in [1.165, 1.54) is 13.2 Å². The summed E-state index contributed by atoms with van der Waals surface area (Å²) in [6, 6.07) is 14.0. The van der Waals surface area contributed by atoms with E-state index in [2.05, 4.69) is 5.32 Å². The van der Waals surface area contributed by atoms with Gasteiger partial charge in [-0.3, -0.25) is 4.79 Å². The fraction of sp³-hybridized carbons (Fsp3) is 0.261. The molecule has 30 heavy (non-hydrogen) atoms. The highest BCUT2D eigenvalue weighted by atomic mass is 16.5. The lowest BCUT2D eigenvalue weighted by atomic mass is 10.1. The SMILES string of the molecule is COc1ccc(OC)c([C@H](C)NC(=O)COC(=O)/C(C#N)=C/c2ccc(C)cc2)c1. The van der Waals surface area contributed by atoms with Gasteiger partial charge in [-0.1, -0.05) is 29.8 Å². The molecule has 0 fully saturated rings. The molecular formula is C23H24N2O5. The van der Waals surface area contributed by atoms with Crippen molar-refractivity contribution in [3.8, 4) is 17.6 Å². The monoisotopic (exact) mass is 408 g/mol. The molecule has 2 aromatic rings. The number of benzene rings is 2. The molecule has 0 unspecified atom stereocenters. The zero-order valence-electron chi connectivity index (χ0n) is 17.4. The standard InChI is InChI=1S/C23H24N2O5/c1-15-5-7-17(8-6-15)11-18(13-24)23(27)30-14-22(26)25-16(2)20-12-19(28-3)9-10-21(20)29-4/h5-12,16H,14H2,1-4H3,(H,25,26)/b18-11+/t16-/m0/s1. The van der Waals surface area contributed by atoms with Crippen LogP contribution in [0.2, 0.25) is 0 Å². The Balaban J connectivity index is 1.99. The molecule has 0 spiro atoms. The molecule has 0 saturated heterocycles. The highest BCUT2D eigenvalue weighted by molar-refractivity contribution is 5.98. The van der Waals surface area contributed by atoms with E-state index in [9.17, 15) is 14.9 Å². The van der Waals surface area contributed by atoms with Crippen molar-refractivity contribution in [1.82, 2.24) is 5.32 Å². The van der Waals surface area contributed by atoms with Crippen LogP contribution in [-0.2, 0) is 14.3 Å². The summed E-state index contributed by atoms with van der Waals surface area (Å²) in [6.07, 6.45) is 1.42. The molecule has 1 N–H and O–H groups in total. The molecule has 156 valence electrons. The maximum Gasteiger partial charge on any atom is 0.349 e. The number of nitrogens with zero attached hydrogens (tertiary/aromatic N) is 1. The van der Waals surface area contributed by atoms with Gasteiger partial charge in [-0.2, -0.15) is 5.26 Å². The molecular weight excluding hydrogens is 384 g/mol. The van der Waals surface area contributed by atoms with E-state index in [1.54, 1.807) is 44.4 Å². The van der Waals surface area contributed by atoms with E-state index in [1.807, 2.05) is 25.1 Å². The fourth-order valence-electron chi connectivity index (χ4n) is 2.71. The van der Waals surface area contributed by atoms with Crippen molar-refractivity contribution in [2.75, 3.05) is 20.8 Å². The molecule has 1 amide bonds. The Bertz CT molecular complexity index is 974.